The molecule has 0 spiro atoms. The molecule has 1 aromatic rings. The number of halogens is 3. The van der Waals surface area contributed by atoms with Crippen molar-refractivity contribution in [2.24, 2.45) is 11.8 Å². The number of imidazole rings is 1. The minimum absolute atomic E-state index is 0.0839. The highest BCUT2D eigenvalue weighted by Crippen LogP contribution is 2.39. The van der Waals surface area contributed by atoms with Gasteiger partial charge in [-0.15, -0.1) is 0 Å². The molecule has 0 bridgehead atoms. The molecule has 1 aliphatic rings. The van der Waals surface area contributed by atoms with Gasteiger partial charge in [0.05, 0.1) is 12.2 Å². The third-order valence-electron chi connectivity index (χ3n) is 3.76. The average Bonchev–Trinajstić information content (AvgIpc) is 2.91. The molecule has 1 aliphatic carbocycles. The Kier molecular flexibility index (Phi) is 4.67. The van der Waals surface area contributed by atoms with Crippen molar-refractivity contribution in [2.45, 2.75) is 38.3 Å². The molecule has 112 valence electrons. The highest BCUT2D eigenvalue weighted by atomic mass is 19.4. The van der Waals surface area contributed by atoms with E-state index in [0.717, 1.165) is 5.69 Å². The normalized spacial score (nSPS) is 23.6. The van der Waals surface area contributed by atoms with Gasteiger partial charge in [-0.05, 0) is 19.3 Å². The van der Waals surface area contributed by atoms with Crippen LogP contribution in [0.25, 0.3) is 0 Å². The van der Waals surface area contributed by atoms with Crippen molar-refractivity contribution in [3.8, 4) is 0 Å². The Hall–Kier alpha value is -1.53. The van der Waals surface area contributed by atoms with E-state index in [9.17, 15) is 18.0 Å². The van der Waals surface area contributed by atoms with Crippen LogP contribution in [0.4, 0.5) is 13.2 Å². The van der Waals surface area contributed by atoms with Gasteiger partial charge in [-0.25, -0.2) is 4.98 Å². The second-order valence-electron chi connectivity index (χ2n) is 5.22. The van der Waals surface area contributed by atoms with E-state index in [1.165, 1.54) is 0 Å². The van der Waals surface area contributed by atoms with Gasteiger partial charge in [-0.3, -0.25) is 4.79 Å². The molecule has 4 nitrogen and oxygen atoms in total. The molecule has 0 saturated heterocycles. The van der Waals surface area contributed by atoms with E-state index in [4.69, 9.17) is 0 Å². The molecule has 1 aromatic heterocycles. The molecule has 0 aliphatic heterocycles. The first kappa shape index (κ1) is 14.9. The van der Waals surface area contributed by atoms with Crippen LogP contribution in [0.2, 0.25) is 0 Å². The van der Waals surface area contributed by atoms with Crippen LogP contribution in [0, 0.1) is 11.8 Å². The minimum atomic E-state index is -4.19. The summed E-state index contributed by atoms with van der Waals surface area (Å²) in [5.74, 6) is -2.12. The smallest absolute Gasteiger partial charge is 0.355 e. The number of H-pyrrole nitrogens is 1. The van der Waals surface area contributed by atoms with Gasteiger partial charge < -0.3 is 10.3 Å². The molecule has 0 aromatic carbocycles. The van der Waals surface area contributed by atoms with E-state index in [1.54, 1.807) is 12.5 Å². The summed E-state index contributed by atoms with van der Waals surface area (Å²) in [6, 6.07) is 0. The molecule has 20 heavy (non-hydrogen) atoms. The SMILES string of the molecule is O=C(NCCc1cnc[nH]1)C1CCCC(C(F)(F)F)C1. The molecule has 0 radical (unpaired) electrons. The maximum absolute atomic E-state index is 12.7. The molecular formula is C13H18F3N3O. The van der Waals surface area contributed by atoms with Crippen molar-refractivity contribution in [2.75, 3.05) is 6.54 Å². The fourth-order valence-electron chi connectivity index (χ4n) is 2.61. The summed E-state index contributed by atoms with van der Waals surface area (Å²) in [6.07, 6.45) is 0.681. The Morgan fingerprint density at radius 3 is 2.90 bits per heavy atom. The Bertz CT molecular complexity index is 431. The number of rotatable bonds is 4. The van der Waals surface area contributed by atoms with Crippen molar-refractivity contribution in [1.29, 1.82) is 0 Å². The summed E-state index contributed by atoms with van der Waals surface area (Å²) in [6.45, 7) is 0.411. The van der Waals surface area contributed by atoms with Crippen molar-refractivity contribution < 1.29 is 18.0 Å². The highest BCUT2D eigenvalue weighted by Gasteiger charge is 2.43. The summed E-state index contributed by atoms with van der Waals surface area (Å²) in [5, 5.41) is 2.71. The standard InChI is InChI=1S/C13H18F3N3O/c14-13(15,16)10-3-1-2-9(6-10)12(20)18-5-4-11-7-17-8-19-11/h7-10H,1-6H2,(H,17,19)(H,18,20). The number of nitrogens with zero attached hydrogens (tertiary/aromatic N) is 1. The molecule has 7 heteroatoms. The fourth-order valence-corrected chi connectivity index (χ4v) is 2.61. The average molecular weight is 289 g/mol. The lowest BCUT2D eigenvalue weighted by Gasteiger charge is -2.29. The van der Waals surface area contributed by atoms with Crippen molar-refractivity contribution in [1.82, 2.24) is 15.3 Å². The largest absolute Gasteiger partial charge is 0.391 e. The van der Waals surface area contributed by atoms with E-state index >= 15 is 0 Å². The summed E-state index contributed by atoms with van der Waals surface area (Å²) < 4.78 is 38.0. The number of hydrogen-bond donors (Lipinski definition) is 2. The monoisotopic (exact) mass is 289 g/mol. The zero-order valence-electron chi connectivity index (χ0n) is 11.0. The first-order chi connectivity index (χ1) is 9.47. The van der Waals surface area contributed by atoms with Crippen LogP contribution in [0.1, 0.15) is 31.4 Å². The topological polar surface area (TPSA) is 57.8 Å². The predicted molar refractivity (Wildman–Crippen MR) is 66.8 cm³/mol. The van der Waals surface area contributed by atoms with Gasteiger partial charge in [0.2, 0.25) is 5.91 Å². The summed E-state index contributed by atoms with van der Waals surface area (Å²) in [5.41, 5.74) is 0.891. The number of aromatic nitrogens is 2. The number of carbonyl (C=O) groups is 1. The van der Waals surface area contributed by atoms with E-state index in [1.807, 2.05) is 0 Å². The first-order valence-electron chi connectivity index (χ1n) is 6.78. The Labute approximate surface area is 115 Å². The molecule has 1 heterocycles. The van der Waals surface area contributed by atoms with Gasteiger partial charge in [0, 0.05) is 30.8 Å². The van der Waals surface area contributed by atoms with E-state index in [0.29, 0.717) is 25.8 Å². The number of amides is 1. The fraction of sp³-hybridized carbons (Fsp3) is 0.692. The van der Waals surface area contributed by atoms with Crippen LogP contribution in [-0.4, -0.2) is 28.6 Å². The van der Waals surface area contributed by atoms with Crippen LogP contribution in [0.3, 0.4) is 0 Å². The lowest BCUT2D eigenvalue weighted by molar-refractivity contribution is -0.186. The van der Waals surface area contributed by atoms with Gasteiger partial charge in [0.25, 0.3) is 0 Å². The van der Waals surface area contributed by atoms with Crippen LogP contribution >= 0.6 is 0 Å². The van der Waals surface area contributed by atoms with Crippen molar-refractivity contribution >= 4 is 5.91 Å². The first-order valence-corrected chi connectivity index (χ1v) is 6.78. The zero-order chi connectivity index (χ0) is 14.6. The third kappa shape index (κ3) is 3.98. The van der Waals surface area contributed by atoms with E-state index in [2.05, 4.69) is 15.3 Å². The predicted octanol–water partition coefficient (Wildman–Crippen LogP) is 2.44. The lowest BCUT2D eigenvalue weighted by Crippen LogP contribution is -2.38. The Balaban J connectivity index is 1.77. The van der Waals surface area contributed by atoms with Crippen LogP contribution < -0.4 is 5.32 Å². The Morgan fingerprint density at radius 1 is 1.45 bits per heavy atom. The third-order valence-corrected chi connectivity index (χ3v) is 3.76. The molecule has 1 fully saturated rings. The second-order valence-corrected chi connectivity index (χ2v) is 5.22. The molecule has 2 rings (SSSR count). The number of nitrogens with one attached hydrogen (secondary N) is 2. The molecule has 1 saturated carbocycles. The number of alkyl halides is 3. The minimum Gasteiger partial charge on any atom is -0.355 e. The van der Waals surface area contributed by atoms with Crippen molar-refractivity contribution in [3.63, 3.8) is 0 Å². The molecular weight excluding hydrogens is 271 g/mol. The van der Waals surface area contributed by atoms with Crippen LogP contribution in [-0.2, 0) is 11.2 Å². The van der Waals surface area contributed by atoms with Gasteiger partial charge in [-0.2, -0.15) is 13.2 Å². The molecule has 2 unspecified atom stereocenters. The maximum atomic E-state index is 12.7. The number of aromatic amines is 1. The number of carbonyl (C=O) groups excluding carboxylic acids is 1. The molecule has 1 amide bonds. The van der Waals surface area contributed by atoms with Crippen molar-refractivity contribution in [3.05, 3.63) is 18.2 Å². The Morgan fingerprint density at radius 2 is 2.25 bits per heavy atom. The van der Waals surface area contributed by atoms with Crippen LogP contribution in [0.5, 0.6) is 0 Å². The summed E-state index contributed by atoms with van der Waals surface area (Å²) in [4.78, 5) is 18.7. The van der Waals surface area contributed by atoms with Gasteiger partial charge in [0.1, 0.15) is 0 Å². The van der Waals surface area contributed by atoms with Gasteiger partial charge in [-0.1, -0.05) is 6.42 Å². The summed E-state index contributed by atoms with van der Waals surface area (Å²) in [7, 11) is 0. The van der Waals surface area contributed by atoms with Gasteiger partial charge in [0.15, 0.2) is 0 Å². The summed E-state index contributed by atoms with van der Waals surface area (Å²) >= 11 is 0. The maximum Gasteiger partial charge on any atom is 0.391 e. The second kappa shape index (κ2) is 6.28. The number of hydrogen-bond acceptors (Lipinski definition) is 2. The quantitative estimate of drug-likeness (QED) is 0.894. The highest BCUT2D eigenvalue weighted by molar-refractivity contribution is 5.78. The molecule has 2 N–H and O–H groups in total. The van der Waals surface area contributed by atoms with Crippen LogP contribution in [0.15, 0.2) is 12.5 Å². The van der Waals surface area contributed by atoms with E-state index in [-0.39, 0.29) is 18.7 Å². The van der Waals surface area contributed by atoms with Gasteiger partial charge >= 0.3 is 6.18 Å². The lowest BCUT2D eigenvalue weighted by atomic mass is 9.80. The molecule has 2 atom stereocenters. The zero-order valence-corrected chi connectivity index (χ0v) is 11.0. The van der Waals surface area contributed by atoms with E-state index < -0.39 is 18.0 Å².